The first-order valence-electron chi connectivity index (χ1n) is 23.4. The van der Waals surface area contributed by atoms with E-state index in [1.165, 1.54) is 13.8 Å². The summed E-state index contributed by atoms with van der Waals surface area (Å²) >= 11 is 0. The number of unbranched alkanes of at least 4 members (excludes halogenated alkanes) is 6. The minimum atomic E-state index is -0.807. The van der Waals surface area contributed by atoms with Gasteiger partial charge in [0.15, 0.2) is 23.1 Å². The number of carboxylic acids is 1. The van der Waals surface area contributed by atoms with Crippen molar-refractivity contribution in [2.24, 2.45) is 0 Å². The van der Waals surface area contributed by atoms with Crippen molar-refractivity contribution in [2.75, 3.05) is 0 Å². The van der Waals surface area contributed by atoms with Crippen LogP contribution in [0.1, 0.15) is 147 Å². The lowest BCUT2D eigenvalue weighted by atomic mass is 9.96. The fourth-order valence-corrected chi connectivity index (χ4v) is 7.55. The molecule has 1 fully saturated rings. The zero-order valence-electron chi connectivity index (χ0n) is 39.2. The molecule has 1 heterocycles. The molecule has 364 valence electrons. The van der Waals surface area contributed by atoms with Crippen molar-refractivity contribution < 1.29 is 57.9 Å². The van der Waals surface area contributed by atoms with Gasteiger partial charge in [-0.2, -0.15) is 0 Å². The monoisotopic (exact) mass is 943 g/mol. The van der Waals surface area contributed by atoms with Crippen molar-refractivity contribution in [1.29, 1.82) is 0 Å². The Bertz CT molecular complexity index is 2380. The molecular formula is C54H61N3O12. The number of imide groups is 1. The first-order valence-corrected chi connectivity index (χ1v) is 23.4. The van der Waals surface area contributed by atoms with Crippen LogP contribution in [-0.4, -0.2) is 81.0 Å². The third-order valence-corrected chi connectivity index (χ3v) is 11.2. The first kappa shape index (κ1) is 54.2. The Morgan fingerprint density at radius 1 is 0.493 bits per heavy atom. The Balaban J connectivity index is 0.000000307. The number of aliphatic carboxylic acids is 1. The molecule has 2 atom stereocenters. The quantitative estimate of drug-likeness (QED) is 0.0301. The molecular weight excluding hydrogens is 883 g/mol. The standard InChI is InChI=1S/C29H32N2O7.C25H29NO5/c1-20(32)30-24(19-21-13-15-23(16-14-21)29(37)22-9-5-4-6-10-22)25(33)11-7-2-3-8-12-28(36)38-31-26(34)17-18-27(31)35;1-18(27)26-22(23(28)11-7-2-3-8-12-24(29)30)17-19-13-15-21(16-14-19)25(31)20-9-5-4-6-10-20/h4-6,9-10,13-16,24H,2-3,7-8,11-12,17-19H2,1H3,(H,30,32);4-6,9-10,13-16,22H,2-3,7-8,11-12,17H2,1H3,(H,26,27)(H,29,30). The zero-order valence-corrected chi connectivity index (χ0v) is 39.2. The Hall–Kier alpha value is -7.42. The molecule has 4 amide bonds. The summed E-state index contributed by atoms with van der Waals surface area (Å²) in [5.41, 5.74) is 4.02. The topological polar surface area (TPSA) is 227 Å². The highest BCUT2D eigenvalue weighted by Gasteiger charge is 2.32. The molecule has 4 aromatic rings. The third-order valence-electron chi connectivity index (χ3n) is 11.2. The van der Waals surface area contributed by atoms with Crippen LogP contribution in [0.5, 0.6) is 0 Å². The number of ketones is 4. The zero-order chi connectivity index (χ0) is 50.1. The van der Waals surface area contributed by atoms with Crippen LogP contribution in [0.15, 0.2) is 109 Å². The van der Waals surface area contributed by atoms with Crippen molar-refractivity contribution >= 4 is 58.7 Å². The summed E-state index contributed by atoms with van der Waals surface area (Å²) in [6.45, 7) is 2.75. The fraction of sp³-hybridized carbons (Fsp3) is 0.370. The number of hydrogen-bond acceptors (Lipinski definition) is 11. The molecule has 0 saturated carbocycles. The SMILES string of the molecule is CC(=O)NC(Cc1ccc(C(=O)c2ccccc2)cc1)C(=O)CCCCCCC(=O)O.CC(=O)NC(Cc1ccc(C(=O)c2ccccc2)cc1)C(=O)CCCCCCC(=O)ON1C(=O)CCC1=O. The van der Waals surface area contributed by atoms with Crippen molar-refractivity contribution in [3.63, 3.8) is 0 Å². The van der Waals surface area contributed by atoms with Gasteiger partial charge in [0.1, 0.15) is 0 Å². The molecule has 69 heavy (non-hydrogen) atoms. The maximum Gasteiger partial charge on any atom is 0.333 e. The van der Waals surface area contributed by atoms with E-state index in [9.17, 15) is 47.9 Å². The van der Waals surface area contributed by atoms with Crippen molar-refractivity contribution in [3.8, 4) is 0 Å². The lowest BCUT2D eigenvalue weighted by molar-refractivity contribution is -0.197. The summed E-state index contributed by atoms with van der Waals surface area (Å²) < 4.78 is 0. The number of hydrogen-bond donors (Lipinski definition) is 3. The molecule has 2 unspecified atom stereocenters. The molecule has 15 heteroatoms. The number of amides is 4. The van der Waals surface area contributed by atoms with E-state index in [-0.39, 0.29) is 67.1 Å². The molecule has 0 aliphatic carbocycles. The maximum atomic E-state index is 12.8. The van der Waals surface area contributed by atoms with Gasteiger partial charge in [-0.15, -0.1) is 5.06 Å². The Morgan fingerprint density at radius 2 is 0.841 bits per heavy atom. The van der Waals surface area contributed by atoms with Crippen LogP contribution in [0.25, 0.3) is 0 Å². The van der Waals surface area contributed by atoms with Crippen LogP contribution in [0.4, 0.5) is 0 Å². The summed E-state index contributed by atoms with van der Waals surface area (Å²) in [5.74, 6) is -3.30. The average Bonchev–Trinajstić information content (AvgIpc) is 3.65. The van der Waals surface area contributed by atoms with Gasteiger partial charge in [0.25, 0.3) is 11.8 Å². The molecule has 1 aliphatic heterocycles. The molecule has 0 radical (unpaired) electrons. The van der Waals surface area contributed by atoms with Gasteiger partial charge in [-0.05, 0) is 49.7 Å². The average molecular weight is 944 g/mol. The number of carbonyl (C=O) groups is 10. The summed E-state index contributed by atoms with van der Waals surface area (Å²) in [7, 11) is 0. The van der Waals surface area contributed by atoms with Gasteiger partial charge in [0.2, 0.25) is 11.8 Å². The molecule has 15 nitrogen and oxygen atoms in total. The number of nitrogens with zero attached hydrogens (tertiary/aromatic N) is 1. The van der Waals surface area contributed by atoms with E-state index in [1.807, 2.05) is 36.4 Å². The number of nitrogens with one attached hydrogen (secondary N) is 2. The number of carbonyl (C=O) groups excluding carboxylic acids is 9. The number of carboxylic acid groups (broad SMARTS) is 1. The van der Waals surface area contributed by atoms with Crippen LogP contribution in [0.3, 0.4) is 0 Å². The van der Waals surface area contributed by atoms with Crippen LogP contribution in [0.2, 0.25) is 0 Å². The normalized spacial score (nSPS) is 12.8. The highest BCUT2D eigenvalue weighted by atomic mass is 16.7. The van der Waals surface area contributed by atoms with E-state index in [2.05, 4.69) is 10.6 Å². The smallest absolute Gasteiger partial charge is 0.333 e. The summed E-state index contributed by atoms with van der Waals surface area (Å²) in [6.07, 6.45) is 6.90. The molecule has 1 saturated heterocycles. The molecule has 0 bridgehead atoms. The predicted molar refractivity (Wildman–Crippen MR) is 255 cm³/mol. The second-order valence-corrected chi connectivity index (χ2v) is 16.9. The predicted octanol–water partition coefficient (Wildman–Crippen LogP) is 7.44. The lowest BCUT2D eigenvalue weighted by Crippen LogP contribution is -2.41. The lowest BCUT2D eigenvalue weighted by Gasteiger charge is -2.17. The highest BCUT2D eigenvalue weighted by molar-refractivity contribution is 6.09. The Labute approximate surface area is 402 Å². The minimum Gasteiger partial charge on any atom is -0.481 e. The molecule has 5 rings (SSSR count). The number of rotatable bonds is 27. The molecule has 4 aromatic carbocycles. The van der Waals surface area contributed by atoms with Crippen LogP contribution in [0, 0.1) is 0 Å². The van der Waals surface area contributed by atoms with Crippen LogP contribution >= 0.6 is 0 Å². The van der Waals surface area contributed by atoms with Crippen molar-refractivity contribution in [2.45, 2.75) is 129 Å². The van der Waals surface area contributed by atoms with Gasteiger partial charge >= 0.3 is 11.9 Å². The molecule has 0 aromatic heterocycles. The summed E-state index contributed by atoms with van der Waals surface area (Å²) in [5, 5.41) is 14.6. The van der Waals surface area contributed by atoms with E-state index in [0.717, 1.165) is 24.0 Å². The van der Waals surface area contributed by atoms with E-state index in [1.54, 1.807) is 72.8 Å². The number of Topliss-reactive ketones (excluding diaryl/α,β-unsaturated/α-hetero) is 2. The highest BCUT2D eigenvalue weighted by Crippen LogP contribution is 2.18. The fourth-order valence-electron chi connectivity index (χ4n) is 7.55. The maximum absolute atomic E-state index is 12.8. The van der Waals surface area contributed by atoms with E-state index >= 15 is 0 Å². The van der Waals surface area contributed by atoms with E-state index in [4.69, 9.17) is 9.94 Å². The first-order chi connectivity index (χ1) is 33.1. The van der Waals surface area contributed by atoms with Gasteiger partial charge < -0.3 is 20.6 Å². The van der Waals surface area contributed by atoms with Crippen LogP contribution in [-0.2, 0) is 56.0 Å². The Kier molecular flexibility index (Phi) is 22.5. The largest absolute Gasteiger partial charge is 0.481 e. The number of benzene rings is 4. The molecule has 0 spiro atoms. The van der Waals surface area contributed by atoms with Gasteiger partial charge in [0.05, 0.1) is 12.1 Å². The summed E-state index contributed by atoms with van der Waals surface area (Å²) in [6, 6.07) is 30.8. The third kappa shape index (κ3) is 19.4. The second kappa shape index (κ2) is 28.7. The van der Waals surface area contributed by atoms with E-state index in [0.29, 0.717) is 85.1 Å². The van der Waals surface area contributed by atoms with Gasteiger partial charge in [0, 0.05) is 74.6 Å². The Morgan fingerprint density at radius 3 is 1.20 bits per heavy atom. The van der Waals surface area contributed by atoms with Crippen molar-refractivity contribution in [1.82, 2.24) is 15.7 Å². The molecule has 1 aliphatic rings. The summed E-state index contributed by atoms with van der Waals surface area (Å²) in [4.78, 5) is 124. The van der Waals surface area contributed by atoms with Crippen molar-refractivity contribution in [3.05, 3.63) is 143 Å². The minimum absolute atomic E-state index is 0.0436. The molecule has 3 N–H and O–H groups in total. The van der Waals surface area contributed by atoms with Gasteiger partial charge in [-0.25, -0.2) is 4.79 Å². The van der Waals surface area contributed by atoms with Gasteiger partial charge in [-0.3, -0.25) is 43.2 Å². The second-order valence-electron chi connectivity index (χ2n) is 16.9. The van der Waals surface area contributed by atoms with E-state index < -0.39 is 35.8 Å². The van der Waals surface area contributed by atoms with Crippen LogP contribution < -0.4 is 10.6 Å². The van der Waals surface area contributed by atoms with Gasteiger partial charge in [-0.1, -0.05) is 135 Å². The number of hydroxylamine groups is 2.